The molecule has 0 aromatic carbocycles. The van der Waals surface area contributed by atoms with E-state index in [0.717, 1.165) is 0 Å². The van der Waals surface area contributed by atoms with Gasteiger partial charge in [-0.2, -0.15) is 0 Å². The van der Waals surface area contributed by atoms with Gasteiger partial charge in [0.15, 0.2) is 11.4 Å². The van der Waals surface area contributed by atoms with Gasteiger partial charge < -0.3 is 5.73 Å². The summed E-state index contributed by atoms with van der Waals surface area (Å²) in [7, 11) is 0. The second-order valence-corrected chi connectivity index (χ2v) is 2.08. The van der Waals surface area contributed by atoms with Gasteiger partial charge in [-0.3, -0.25) is 4.79 Å². The van der Waals surface area contributed by atoms with Gasteiger partial charge in [0, 0.05) is 11.8 Å². The number of carbonyl (C=O) groups excluding carboxylic acids is 1. The molecule has 0 saturated heterocycles. The molecule has 0 radical (unpaired) electrons. The fourth-order valence-corrected chi connectivity index (χ4v) is 0.730. The molecule has 0 aliphatic rings. The van der Waals surface area contributed by atoms with Crippen LogP contribution in [0.2, 0.25) is 5.15 Å². The Kier molecular flexibility index (Phi) is 1.87. The third kappa shape index (κ3) is 1.09. The molecule has 0 saturated carbocycles. The average Bonchev–Trinajstić information content (AvgIpc) is 1.95. The summed E-state index contributed by atoms with van der Waals surface area (Å²) in [4.78, 5) is 13.9. The molecule has 1 heterocycles. The van der Waals surface area contributed by atoms with Crippen molar-refractivity contribution < 1.29 is 4.79 Å². The number of halogens is 1. The topological polar surface area (TPSA) is 56.0 Å². The second-order valence-electron chi connectivity index (χ2n) is 1.72. The van der Waals surface area contributed by atoms with E-state index in [2.05, 4.69) is 4.98 Å². The first kappa shape index (κ1) is 7.02. The first-order valence-corrected chi connectivity index (χ1v) is 2.98. The number of anilines is 1. The first-order valence-electron chi connectivity index (χ1n) is 2.61. The van der Waals surface area contributed by atoms with E-state index in [-0.39, 0.29) is 10.8 Å². The highest BCUT2D eigenvalue weighted by atomic mass is 35.5. The Labute approximate surface area is 62.8 Å². The van der Waals surface area contributed by atoms with Crippen LogP contribution in [0.15, 0.2) is 12.3 Å². The third-order valence-corrected chi connectivity index (χ3v) is 1.40. The highest BCUT2D eigenvalue weighted by Gasteiger charge is 2.00. The molecule has 4 heteroatoms. The Bertz CT molecular complexity index is 262. The molecule has 0 bridgehead atoms. The van der Waals surface area contributed by atoms with Crippen LogP contribution in [-0.4, -0.2) is 11.3 Å². The number of hydrogen-bond acceptors (Lipinski definition) is 3. The van der Waals surface area contributed by atoms with Gasteiger partial charge in [0.1, 0.15) is 0 Å². The minimum absolute atomic E-state index is 0.171. The molecule has 3 nitrogen and oxygen atoms in total. The van der Waals surface area contributed by atoms with Crippen molar-refractivity contribution in [3.8, 4) is 0 Å². The second kappa shape index (κ2) is 2.66. The number of carbonyl (C=O) groups is 1. The number of rotatable bonds is 1. The first-order chi connectivity index (χ1) is 4.75. The van der Waals surface area contributed by atoms with Crippen LogP contribution in [-0.2, 0) is 0 Å². The Hall–Kier alpha value is -1.09. The van der Waals surface area contributed by atoms with Gasteiger partial charge in [-0.1, -0.05) is 11.6 Å². The zero-order valence-electron chi connectivity index (χ0n) is 5.04. The maximum absolute atomic E-state index is 10.2. The van der Waals surface area contributed by atoms with E-state index >= 15 is 0 Å². The van der Waals surface area contributed by atoms with E-state index in [0.29, 0.717) is 11.8 Å². The van der Waals surface area contributed by atoms with E-state index in [1.165, 1.54) is 12.3 Å². The van der Waals surface area contributed by atoms with Crippen molar-refractivity contribution in [2.24, 2.45) is 0 Å². The predicted molar refractivity (Wildman–Crippen MR) is 39.0 cm³/mol. The lowest BCUT2D eigenvalue weighted by atomic mass is 10.2. The molecule has 0 spiro atoms. The molecule has 0 aliphatic heterocycles. The summed E-state index contributed by atoms with van der Waals surface area (Å²) >= 11 is 5.50. The molecule has 10 heavy (non-hydrogen) atoms. The number of aldehydes is 1. The van der Waals surface area contributed by atoms with E-state index in [1.54, 1.807) is 0 Å². The van der Waals surface area contributed by atoms with Gasteiger partial charge in [-0.05, 0) is 6.07 Å². The molecule has 52 valence electrons. The molecule has 0 amide bonds. The van der Waals surface area contributed by atoms with Crippen molar-refractivity contribution in [3.05, 3.63) is 23.0 Å². The van der Waals surface area contributed by atoms with Gasteiger partial charge >= 0.3 is 0 Å². The summed E-state index contributed by atoms with van der Waals surface area (Å²) < 4.78 is 0. The Morgan fingerprint density at radius 2 is 2.40 bits per heavy atom. The number of aromatic nitrogens is 1. The summed E-state index contributed by atoms with van der Waals surface area (Å²) in [6, 6.07) is 1.51. The summed E-state index contributed by atoms with van der Waals surface area (Å²) in [5, 5.41) is 0.171. The van der Waals surface area contributed by atoms with Crippen LogP contribution >= 0.6 is 11.6 Å². The van der Waals surface area contributed by atoms with Crippen LogP contribution in [0.3, 0.4) is 0 Å². The van der Waals surface area contributed by atoms with E-state index in [9.17, 15) is 4.79 Å². The van der Waals surface area contributed by atoms with E-state index in [4.69, 9.17) is 17.3 Å². The average molecular weight is 157 g/mol. The molecule has 0 unspecified atom stereocenters. The molecule has 1 aromatic rings. The molecular formula is C6H5ClN2O. The highest BCUT2D eigenvalue weighted by molar-refractivity contribution is 6.32. The van der Waals surface area contributed by atoms with Crippen LogP contribution in [0.4, 0.5) is 5.69 Å². The van der Waals surface area contributed by atoms with Crippen molar-refractivity contribution in [1.82, 2.24) is 4.98 Å². The predicted octanol–water partition coefficient (Wildman–Crippen LogP) is 1.13. The molecule has 0 aliphatic carbocycles. The number of hydrogen-bond donors (Lipinski definition) is 1. The van der Waals surface area contributed by atoms with Crippen molar-refractivity contribution in [3.63, 3.8) is 0 Å². The van der Waals surface area contributed by atoms with Crippen molar-refractivity contribution in [1.29, 1.82) is 0 Å². The van der Waals surface area contributed by atoms with Crippen molar-refractivity contribution in [2.75, 3.05) is 5.73 Å². The number of pyridine rings is 1. The normalized spacial score (nSPS) is 9.30. The quantitative estimate of drug-likeness (QED) is 0.490. The van der Waals surface area contributed by atoms with E-state index < -0.39 is 0 Å². The lowest BCUT2D eigenvalue weighted by Gasteiger charge is -1.96. The van der Waals surface area contributed by atoms with Gasteiger partial charge in [0.2, 0.25) is 0 Å². The Morgan fingerprint density at radius 3 is 2.90 bits per heavy atom. The van der Waals surface area contributed by atoms with Gasteiger partial charge in [-0.25, -0.2) is 4.98 Å². The summed E-state index contributed by atoms with van der Waals surface area (Å²) in [6.45, 7) is 0. The zero-order chi connectivity index (χ0) is 7.56. The number of nitrogens with zero attached hydrogens (tertiary/aromatic N) is 1. The highest BCUT2D eigenvalue weighted by Crippen LogP contribution is 2.17. The molecular weight excluding hydrogens is 152 g/mol. The third-order valence-electron chi connectivity index (χ3n) is 1.10. The largest absolute Gasteiger partial charge is 0.396 e. The standard InChI is InChI=1S/C6H5ClN2O/c7-6-5(8)4(3-10)1-2-9-6/h1-3H,8H2. The monoisotopic (exact) mass is 156 g/mol. The molecule has 1 aromatic heterocycles. The maximum atomic E-state index is 10.2. The van der Waals surface area contributed by atoms with E-state index in [1.807, 2.05) is 0 Å². The summed E-state index contributed by atoms with van der Waals surface area (Å²) in [6.07, 6.45) is 2.07. The van der Waals surface area contributed by atoms with Gasteiger partial charge in [-0.15, -0.1) is 0 Å². The fraction of sp³-hybridized carbons (Fsp3) is 0. The number of nitrogen functional groups attached to an aromatic ring is 1. The van der Waals surface area contributed by atoms with Gasteiger partial charge in [0.25, 0.3) is 0 Å². The fourth-order valence-electron chi connectivity index (χ4n) is 0.564. The Morgan fingerprint density at radius 1 is 1.70 bits per heavy atom. The van der Waals surface area contributed by atoms with Crippen LogP contribution in [0.5, 0.6) is 0 Å². The summed E-state index contributed by atoms with van der Waals surface area (Å²) in [5.41, 5.74) is 5.98. The lowest BCUT2D eigenvalue weighted by Crippen LogP contribution is -1.94. The minimum Gasteiger partial charge on any atom is -0.396 e. The molecule has 1 rings (SSSR count). The number of nitrogens with two attached hydrogens (primary N) is 1. The molecule has 0 fully saturated rings. The lowest BCUT2D eigenvalue weighted by molar-refractivity contribution is 0.112. The van der Waals surface area contributed by atoms with Crippen molar-refractivity contribution >= 4 is 23.6 Å². The van der Waals surface area contributed by atoms with Gasteiger partial charge in [0.05, 0.1) is 5.69 Å². The van der Waals surface area contributed by atoms with Crippen LogP contribution in [0.25, 0.3) is 0 Å². The van der Waals surface area contributed by atoms with Crippen LogP contribution in [0, 0.1) is 0 Å². The Balaban J connectivity index is 3.27. The molecule has 2 N–H and O–H groups in total. The maximum Gasteiger partial charge on any atom is 0.152 e. The van der Waals surface area contributed by atoms with Crippen LogP contribution in [0.1, 0.15) is 10.4 Å². The molecule has 0 atom stereocenters. The van der Waals surface area contributed by atoms with Crippen molar-refractivity contribution in [2.45, 2.75) is 0 Å². The SMILES string of the molecule is Nc1c(C=O)ccnc1Cl. The van der Waals surface area contributed by atoms with Crippen LogP contribution < -0.4 is 5.73 Å². The minimum atomic E-state index is 0.171. The smallest absolute Gasteiger partial charge is 0.152 e. The summed E-state index contributed by atoms with van der Waals surface area (Å²) in [5.74, 6) is 0. The zero-order valence-corrected chi connectivity index (χ0v) is 5.80.